The standard InChI is InChI=1S/C18H27N3O4S/c1-13-5-6-14(18(23)20-11-15-10-19-12-16(15)22)9-17(13)26(24,25)21-7-3-2-4-8-21/h5-6,9,15-16,19,22H,2-4,7-8,10-12H2,1H3,(H,20,23). The van der Waals surface area contributed by atoms with E-state index in [2.05, 4.69) is 10.6 Å². The second kappa shape index (κ2) is 8.04. The van der Waals surface area contributed by atoms with Crippen molar-refractivity contribution in [1.29, 1.82) is 0 Å². The highest BCUT2D eigenvalue weighted by molar-refractivity contribution is 7.89. The molecular formula is C18H27N3O4S. The van der Waals surface area contributed by atoms with Gasteiger partial charge in [-0.15, -0.1) is 0 Å². The zero-order valence-electron chi connectivity index (χ0n) is 15.1. The van der Waals surface area contributed by atoms with Gasteiger partial charge in [0.15, 0.2) is 0 Å². The van der Waals surface area contributed by atoms with Gasteiger partial charge in [-0.1, -0.05) is 12.5 Å². The summed E-state index contributed by atoms with van der Waals surface area (Å²) in [6.07, 6.45) is 2.32. The number of sulfonamides is 1. The van der Waals surface area contributed by atoms with Gasteiger partial charge in [-0.05, 0) is 37.5 Å². The number of piperidine rings is 1. The highest BCUT2D eigenvalue weighted by Crippen LogP contribution is 2.24. The molecule has 0 radical (unpaired) electrons. The molecule has 0 spiro atoms. The summed E-state index contributed by atoms with van der Waals surface area (Å²) in [4.78, 5) is 12.7. The first-order chi connectivity index (χ1) is 12.4. The lowest BCUT2D eigenvalue weighted by Gasteiger charge is -2.26. The van der Waals surface area contributed by atoms with E-state index in [1.807, 2.05) is 0 Å². The topological polar surface area (TPSA) is 98.7 Å². The Morgan fingerprint density at radius 1 is 1.27 bits per heavy atom. The first-order valence-corrected chi connectivity index (χ1v) is 10.6. The fourth-order valence-electron chi connectivity index (χ4n) is 3.52. The molecule has 0 aromatic heterocycles. The number of aliphatic hydroxyl groups is 1. The lowest BCUT2D eigenvalue weighted by molar-refractivity contribution is 0.0927. The molecule has 3 rings (SSSR count). The summed E-state index contributed by atoms with van der Waals surface area (Å²) in [5, 5.41) is 15.7. The van der Waals surface area contributed by atoms with Gasteiger partial charge in [-0.25, -0.2) is 8.42 Å². The van der Waals surface area contributed by atoms with Gasteiger partial charge in [0.2, 0.25) is 10.0 Å². The van der Waals surface area contributed by atoms with Crippen LogP contribution >= 0.6 is 0 Å². The number of rotatable bonds is 5. The molecule has 2 atom stereocenters. The molecule has 2 unspecified atom stereocenters. The molecule has 26 heavy (non-hydrogen) atoms. The van der Waals surface area contributed by atoms with E-state index in [9.17, 15) is 18.3 Å². The summed E-state index contributed by atoms with van der Waals surface area (Å²) in [5.74, 6) is -0.347. The fourth-order valence-corrected chi connectivity index (χ4v) is 5.28. The summed E-state index contributed by atoms with van der Waals surface area (Å²) in [6.45, 7) is 4.36. The van der Waals surface area contributed by atoms with Crippen LogP contribution in [0.25, 0.3) is 0 Å². The number of carbonyl (C=O) groups excluding carboxylic acids is 1. The molecule has 3 N–H and O–H groups in total. The molecule has 1 amide bonds. The van der Waals surface area contributed by atoms with E-state index in [1.165, 1.54) is 10.4 Å². The number of carbonyl (C=O) groups is 1. The van der Waals surface area contributed by atoms with Gasteiger partial charge >= 0.3 is 0 Å². The van der Waals surface area contributed by atoms with Crippen LogP contribution in [0.1, 0.15) is 35.2 Å². The van der Waals surface area contributed by atoms with Crippen molar-refractivity contribution in [2.75, 3.05) is 32.7 Å². The van der Waals surface area contributed by atoms with Crippen LogP contribution in [0.3, 0.4) is 0 Å². The Balaban J connectivity index is 1.75. The number of hydrogen-bond donors (Lipinski definition) is 3. The number of nitrogens with one attached hydrogen (secondary N) is 2. The minimum Gasteiger partial charge on any atom is -0.391 e. The smallest absolute Gasteiger partial charge is 0.251 e. The predicted molar refractivity (Wildman–Crippen MR) is 98.5 cm³/mol. The van der Waals surface area contributed by atoms with Gasteiger partial charge in [-0.2, -0.15) is 4.31 Å². The number of aryl methyl sites for hydroxylation is 1. The Morgan fingerprint density at radius 3 is 2.65 bits per heavy atom. The summed E-state index contributed by atoms with van der Waals surface area (Å²) in [7, 11) is -3.58. The van der Waals surface area contributed by atoms with Crippen LogP contribution in [-0.2, 0) is 10.0 Å². The second-order valence-electron chi connectivity index (χ2n) is 7.14. The van der Waals surface area contributed by atoms with Crippen molar-refractivity contribution in [3.63, 3.8) is 0 Å². The van der Waals surface area contributed by atoms with E-state index in [0.717, 1.165) is 19.3 Å². The van der Waals surface area contributed by atoms with Gasteiger partial charge in [0.05, 0.1) is 11.0 Å². The summed E-state index contributed by atoms with van der Waals surface area (Å²) < 4.78 is 27.4. The molecule has 2 heterocycles. The average Bonchev–Trinajstić information content (AvgIpc) is 3.05. The van der Waals surface area contributed by atoms with Crippen LogP contribution < -0.4 is 10.6 Å². The van der Waals surface area contributed by atoms with Gasteiger partial charge in [0, 0.05) is 44.2 Å². The lowest BCUT2D eigenvalue weighted by Crippen LogP contribution is -2.36. The molecule has 8 heteroatoms. The number of nitrogens with zero attached hydrogens (tertiary/aromatic N) is 1. The van der Waals surface area contributed by atoms with Crippen molar-refractivity contribution < 1.29 is 18.3 Å². The Hall–Kier alpha value is -1.48. The molecular weight excluding hydrogens is 354 g/mol. The minimum atomic E-state index is -3.58. The third-order valence-corrected chi connectivity index (χ3v) is 7.25. The van der Waals surface area contributed by atoms with E-state index < -0.39 is 16.1 Å². The summed E-state index contributed by atoms with van der Waals surface area (Å²) in [5.41, 5.74) is 0.967. The number of hydrogen-bond acceptors (Lipinski definition) is 5. The molecule has 2 aliphatic rings. The van der Waals surface area contributed by atoms with E-state index in [1.54, 1.807) is 19.1 Å². The largest absolute Gasteiger partial charge is 0.391 e. The van der Waals surface area contributed by atoms with Gasteiger partial charge in [0.25, 0.3) is 5.91 Å². The predicted octanol–water partition coefficient (Wildman–Crippen LogP) is 0.480. The Bertz CT molecular complexity index is 760. The van der Waals surface area contributed by atoms with E-state index >= 15 is 0 Å². The van der Waals surface area contributed by atoms with E-state index in [0.29, 0.717) is 43.9 Å². The minimum absolute atomic E-state index is 0.0269. The van der Waals surface area contributed by atoms with Gasteiger partial charge < -0.3 is 15.7 Å². The zero-order valence-corrected chi connectivity index (χ0v) is 15.9. The van der Waals surface area contributed by atoms with Crippen molar-refractivity contribution >= 4 is 15.9 Å². The van der Waals surface area contributed by atoms with Crippen LogP contribution in [0.2, 0.25) is 0 Å². The molecule has 0 bridgehead atoms. The first kappa shape index (κ1) is 19.3. The van der Waals surface area contributed by atoms with Crippen LogP contribution in [0.4, 0.5) is 0 Å². The zero-order chi connectivity index (χ0) is 18.7. The Morgan fingerprint density at radius 2 is 2.00 bits per heavy atom. The second-order valence-corrected chi connectivity index (χ2v) is 9.05. The number of β-amino-alcohol motifs (C(OH)–C–C–N with tert-alkyl or cyclic N) is 1. The molecule has 0 saturated carbocycles. The normalized spacial score (nSPS) is 24.5. The Kier molecular flexibility index (Phi) is 5.96. The molecule has 2 aliphatic heterocycles. The summed E-state index contributed by atoms with van der Waals surface area (Å²) >= 11 is 0. The molecule has 144 valence electrons. The van der Waals surface area contributed by atoms with Crippen molar-refractivity contribution in [3.05, 3.63) is 29.3 Å². The average molecular weight is 381 g/mol. The summed E-state index contributed by atoms with van der Waals surface area (Å²) in [6, 6.07) is 4.79. The third-order valence-electron chi connectivity index (χ3n) is 5.21. The highest BCUT2D eigenvalue weighted by Gasteiger charge is 2.29. The van der Waals surface area contributed by atoms with Crippen molar-refractivity contribution in [2.24, 2.45) is 5.92 Å². The van der Waals surface area contributed by atoms with Crippen LogP contribution in [-0.4, -0.2) is 62.6 Å². The highest BCUT2D eigenvalue weighted by atomic mass is 32.2. The SMILES string of the molecule is Cc1ccc(C(=O)NCC2CNCC2O)cc1S(=O)(=O)N1CCCCC1. The molecule has 2 fully saturated rings. The lowest BCUT2D eigenvalue weighted by atomic mass is 10.1. The van der Waals surface area contributed by atoms with Crippen LogP contribution in [0, 0.1) is 12.8 Å². The fraction of sp³-hybridized carbons (Fsp3) is 0.611. The molecule has 0 aliphatic carbocycles. The maximum Gasteiger partial charge on any atom is 0.251 e. The van der Waals surface area contributed by atoms with Gasteiger partial charge in [-0.3, -0.25) is 4.79 Å². The number of aliphatic hydroxyl groups excluding tert-OH is 1. The molecule has 1 aromatic rings. The van der Waals surface area contributed by atoms with Gasteiger partial charge in [0.1, 0.15) is 0 Å². The van der Waals surface area contributed by atoms with Crippen LogP contribution in [0.15, 0.2) is 23.1 Å². The van der Waals surface area contributed by atoms with Crippen molar-refractivity contribution in [3.8, 4) is 0 Å². The van der Waals surface area contributed by atoms with E-state index in [4.69, 9.17) is 0 Å². The monoisotopic (exact) mass is 381 g/mol. The molecule has 7 nitrogen and oxygen atoms in total. The Labute approximate surface area is 154 Å². The molecule has 1 aromatic carbocycles. The van der Waals surface area contributed by atoms with E-state index in [-0.39, 0.29) is 16.7 Å². The maximum absolute atomic E-state index is 12.9. The van der Waals surface area contributed by atoms with Crippen LogP contribution in [0.5, 0.6) is 0 Å². The maximum atomic E-state index is 12.9. The van der Waals surface area contributed by atoms with Crippen molar-refractivity contribution in [1.82, 2.24) is 14.9 Å². The quantitative estimate of drug-likeness (QED) is 0.689. The third kappa shape index (κ3) is 4.09. The number of amides is 1. The molecule has 2 saturated heterocycles. The number of benzene rings is 1. The van der Waals surface area contributed by atoms with Crippen molar-refractivity contribution in [2.45, 2.75) is 37.2 Å². The first-order valence-electron chi connectivity index (χ1n) is 9.17.